The third kappa shape index (κ3) is 6.34. The summed E-state index contributed by atoms with van der Waals surface area (Å²) in [4.78, 5) is 25.4. The molecule has 1 aliphatic heterocycles. The van der Waals surface area contributed by atoms with Crippen LogP contribution in [-0.4, -0.2) is 48.1 Å². The summed E-state index contributed by atoms with van der Waals surface area (Å²) in [6, 6.07) is -0.225. The van der Waals surface area contributed by atoms with E-state index < -0.39 is 6.03 Å². The number of likely N-dealkylation sites (tertiary alicyclic amines) is 1. The summed E-state index contributed by atoms with van der Waals surface area (Å²) >= 11 is 0. The van der Waals surface area contributed by atoms with Crippen molar-refractivity contribution in [2.75, 3.05) is 19.6 Å². The molecular weight excluding hydrogens is 256 g/mol. The molecule has 116 valence electrons. The zero-order chi connectivity index (χ0) is 15.3. The number of carbonyl (C=O) groups excluding carboxylic acids is 2. The Bertz CT molecular complexity index is 342. The molecule has 1 fully saturated rings. The number of rotatable bonds is 3. The lowest BCUT2D eigenvalue weighted by Crippen LogP contribution is -2.51. The molecular formula is C14H28N4O2. The molecule has 0 bridgehead atoms. The normalized spacial score (nSPS) is 19.4. The largest absolute Gasteiger partial charge is 0.333 e. The van der Waals surface area contributed by atoms with Gasteiger partial charge in [-0.25, -0.2) is 4.79 Å². The Labute approximate surface area is 121 Å². The molecule has 1 atom stereocenters. The molecule has 0 spiro atoms. The number of nitrogens with two attached hydrogens (primary N) is 1. The number of nitrogens with zero attached hydrogens (tertiary/aromatic N) is 1. The van der Waals surface area contributed by atoms with Crippen LogP contribution < -0.4 is 16.4 Å². The summed E-state index contributed by atoms with van der Waals surface area (Å²) in [6.45, 7) is 9.63. The van der Waals surface area contributed by atoms with Crippen molar-refractivity contribution >= 4 is 11.9 Å². The average Bonchev–Trinajstić information content (AvgIpc) is 2.26. The highest BCUT2D eigenvalue weighted by Crippen LogP contribution is 2.18. The van der Waals surface area contributed by atoms with Gasteiger partial charge in [-0.2, -0.15) is 0 Å². The van der Waals surface area contributed by atoms with E-state index >= 15 is 0 Å². The number of carbonyl (C=O) groups is 2. The average molecular weight is 284 g/mol. The highest BCUT2D eigenvalue weighted by atomic mass is 16.2. The lowest BCUT2D eigenvalue weighted by Gasteiger charge is -2.33. The van der Waals surface area contributed by atoms with Crippen LogP contribution in [0, 0.1) is 5.92 Å². The quantitative estimate of drug-likeness (QED) is 0.711. The van der Waals surface area contributed by atoms with Gasteiger partial charge in [-0.3, -0.25) is 15.0 Å². The number of piperidine rings is 1. The second-order valence-electron chi connectivity index (χ2n) is 6.72. The van der Waals surface area contributed by atoms with Crippen LogP contribution in [0.1, 0.15) is 40.5 Å². The van der Waals surface area contributed by atoms with Gasteiger partial charge in [0.25, 0.3) is 0 Å². The molecule has 3 amide bonds. The molecule has 0 aromatic carbocycles. The molecule has 6 heteroatoms. The number of amides is 3. The molecule has 1 saturated heterocycles. The molecule has 1 unspecified atom stereocenters. The van der Waals surface area contributed by atoms with E-state index in [4.69, 9.17) is 5.73 Å². The van der Waals surface area contributed by atoms with Crippen molar-refractivity contribution < 1.29 is 9.59 Å². The molecule has 1 heterocycles. The summed E-state index contributed by atoms with van der Waals surface area (Å²) < 4.78 is 0. The minimum Gasteiger partial charge on any atom is -0.333 e. The van der Waals surface area contributed by atoms with Crippen LogP contribution >= 0.6 is 0 Å². The SMILES string of the molecule is CC(N)C1CCN(CC(=O)NC(=O)NC(C)(C)C)CC1. The van der Waals surface area contributed by atoms with E-state index in [1.54, 1.807) is 0 Å². The molecule has 1 rings (SSSR count). The minimum atomic E-state index is -0.437. The zero-order valence-corrected chi connectivity index (χ0v) is 13.0. The maximum Gasteiger partial charge on any atom is 0.321 e. The van der Waals surface area contributed by atoms with Crippen LogP contribution in [0.5, 0.6) is 0 Å². The molecule has 1 aliphatic rings. The number of urea groups is 1. The Morgan fingerprint density at radius 1 is 1.30 bits per heavy atom. The fourth-order valence-electron chi connectivity index (χ4n) is 2.38. The van der Waals surface area contributed by atoms with Gasteiger partial charge in [-0.05, 0) is 59.5 Å². The van der Waals surface area contributed by atoms with Gasteiger partial charge in [0, 0.05) is 11.6 Å². The Morgan fingerprint density at radius 2 is 1.85 bits per heavy atom. The van der Waals surface area contributed by atoms with Crippen molar-refractivity contribution in [1.82, 2.24) is 15.5 Å². The molecule has 0 saturated carbocycles. The van der Waals surface area contributed by atoms with Crippen molar-refractivity contribution in [3.8, 4) is 0 Å². The monoisotopic (exact) mass is 284 g/mol. The molecule has 0 aromatic heterocycles. The lowest BCUT2D eigenvalue weighted by molar-refractivity contribution is -0.121. The first-order valence-corrected chi connectivity index (χ1v) is 7.27. The minimum absolute atomic E-state index is 0.212. The standard InChI is InChI=1S/C14H28N4O2/c1-10(15)11-5-7-18(8-6-11)9-12(19)16-13(20)17-14(2,3)4/h10-11H,5-9,15H2,1-4H3,(H2,16,17,19,20). The summed E-state index contributed by atoms with van der Waals surface area (Å²) in [7, 11) is 0. The zero-order valence-electron chi connectivity index (χ0n) is 13.0. The fourth-order valence-corrected chi connectivity index (χ4v) is 2.38. The van der Waals surface area contributed by atoms with E-state index in [1.165, 1.54) is 0 Å². The second-order valence-corrected chi connectivity index (χ2v) is 6.72. The Balaban J connectivity index is 2.28. The van der Waals surface area contributed by atoms with Gasteiger partial charge in [0.1, 0.15) is 0 Å². The topological polar surface area (TPSA) is 87.5 Å². The third-order valence-corrected chi connectivity index (χ3v) is 3.48. The molecule has 0 aromatic rings. The smallest absolute Gasteiger partial charge is 0.321 e. The Kier molecular flexibility index (Phi) is 5.95. The highest BCUT2D eigenvalue weighted by molar-refractivity contribution is 5.95. The van der Waals surface area contributed by atoms with Crippen molar-refractivity contribution in [2.45, 2.75) is 52.1 Å². The van der Waals surface area contributed by atoms with Gasteiger partial charge in [0.15, 0.2) is 0 Å². The number of hydrogen-bond acceptors (Lipinski definition) is 4. The first-order valence-electron chi connectivity index (χ1n) is 7.27. The van der Waals surface area contributed by atoms with Crippen molar-refractivity contribution in [3.63, 3.8) is 0 Å². The van der Waals surface area contributed by atoms with E-state index in [2.05, 4.69) is 15.5 Å². The lowest BCUT2D eigenvalue weighted by atomic mass is 9.91. The van der Waals surface area contributed by atoms with Crippen LogP contribution in [0.15, 0.2) is 0 Å². The molecule has 4 N–H and O–H groups in total. The summed E-state index contributed by atoms with van der Waals surface area (Å²) in [5, 5.41) is 5.07. The van der Waals surface area contributed by atoms with Crippen LogP contribution in [0.3, 0.4) is 0 Å². The van der Waals surface area contributed by atoms with E-state index in [-0.39, 0.29) is 24.0 Å². The van der Waals surface area contributed by atoms with Gasteiger partial charge >= 0.3 is 6.03 Å². The highest BCUT2D eigenvalue weighted by Gasteiger charge is 2.24. The molecule has 0 radical (unpaired) electrons. The Morgan fingerprint density at radius 3 is 2.30 bits per heavy atom. The first kappa shape index (κ1) is 16.9. The van der Waals surface area contributed by atoms with E-state index in [1.807, 2.05) is 27.7 Å². The van der Waals surface area contributed by atoms with Crippen LogP contribution in [0.25, 0.3) is 0 Å². The van der Waals surface area contributed by atoms with Gasteiger partial charge in [0.2, 0.25) is 5.91 Å². The molecule has 6 nitrogen and oxygen atoms in total. The Hall–Kier alpha value is -1.14. The molecule has 0 aliphatic carbocycles. The summed E-state index contributed by atoms with van der Waals surface area (Å²) in [5.41, 5.74) is 5.54. The van der Waals surface area contributed by atoms with E-state index in [0.29, 0.717) is 5.92 Å². The predicted molar refractivity (Wildman–Crippen MR) is 79.2 cm³/mol. The van der Waals surface area contributed by atoms with Crippen LogP contribution in [-0.2, 0) is 4.79 Å². The first-order chi connectivity index (χ1) is 9.17. The van der Waals surface area contributed by atoms with Crippen LogP contribution in [0.2, 0.25) is 0 Å². The third-order valence-electron chi connectivity index (χ3n) is 3.48. The molecule has 20 heavy (non-hydrogen) atoms. The van der Waals surface area contributed by atoms with E-state index in [0.717, 1.165) is 25.9 Å². The van der Waals surface area contributed by atoms with Crippen molar-refractivity contribution in [3.05, 3.63) is 0 Å². The fraction of sp³-hybridized carbons (Fsp3) is 0.857. The number of nitrogens with one attached hydrogen (secondary N) is 2. The summed E-state index contributed by atoms with van der Waals surface area (Å²) in [5.74, 6) is 0.282. The summed E-state index contributed by atoms with van der Waals surface area (Å²) in [6.07, 6.45) is 2.03. The number of hydrogen-bond donors (Lipinski definition) is 3. The second kappa shape index (κ2) is 7.04. The number of imide groups is 1. The maximum absolute atomic E-state index is 11.8. The van der Waals surface area contributed by atoms with Crippen molar-refractivity contribution in [1.29, 1.82) is 0 Å². The van der Waals surface area contributed by atoms with Gasteiger partial charge in [-0.1, -0.05) is 0 Å². The van der Waals surface area contributed by atoms with Gasteiger partial charge in [-0.15, -0.1) is 0 Å². The van der Waals surface area contributed by atoms with E-state index in [9.17, 15) is 9.59 Å². The van der Waals surface area contributed by atoms with Crippen molar-refractivity contribution in [2.24, 2.45) is 11.7 Å². The maximum atomic E-state index is 11.8. The van der Waals surface area contributed by atoms with Crippen LogP contribution in [0.4, 0.5) is 4.79 Å². The predicted octanol–water partition coefficient (Wildman–Crippen LogP) is 0.670. The van der Waals surface area contributed by atoms with Gasteiger partial charge < -0.3 is 11.1 Å². The van der Waals surface area contributed by atoms with Gasteiger partial charge in [0.05, 0.1) is 6.54 Å².